The van der Waals surface area contributed by atoms with E-state index in [1.807, 2.05) is 0 Å². The van der Waals surface area contributed by atoms with Gasteiger partial charge in [0, 0.05) is 13.1 Å². The number of piperazine rings is 1. The molecule has 1 aliphatic rings. The number of esters is 1. The van der Waals surface area contributed by atoms with E-state index in [-0.39, 0.29) is 35.8 Å². The number of benzene rings is 1. The first-order valence-electron chi connectivity index (χ1n) is 6.04. The summed E-state index contributed by atoms with van der Waals surface area (Å²) in [4.78, 5) is 22.6. The molecule has 0 aliphatic carbocycles. The van der Waals surface area contributed by atoms with Crippen LogP contribution in [0.4, 0.5) is 0 Å². The van der Waals surface area contributed by atoms with E-state index in [0.29, 0.717) is 0 Å². The summed E-state index contributed by atoms with van der Waals surface area (Å²) in [6, 6.07) is 3.30. The number of rotatable bonds is 3. The van der Waals surface area contributed by atoms with Crippen LogP contribution in [0.1, 0.15) is 10.4 Å². The van der Waals surface area contributed by atoms with E-state index in [9.17, 15) is 23.1 Å². The minimum Gasteiger partial charge on any atom is -0.507 e. The van der Waals surface area contributed by atoms with Crippen LogP contribution < -0.4 is 5.32 Å². The van der Waals surface area contributed by atoms with Gasteiger partial charge in [-0.15, -0.1) is 0 Å². The van der Waals surface area contributed by atoms with Gasteiger partial charge in [-0.1, -0.05) is 0 Å². The summed E-state index contributed by atoms with van der Waals surface area (Å²) in [6.45, 7) is 0.0826. The topological polar surface area (TPSA) is 113 Å². The van der Waals surface area contributed by atoms with Crippen molar-refractivity contribution in [2.75, 3.05) is 26.7 Å². The Morgan fingerprint density at radius 1 is 1.43 bits per heavy atom. The highest BCUT2D eigenvalue weighted by molar-refractivity contribution is 7.89. The average Bonchev–Trinajstić information content (AvgIpc) is 2.46. The van der Waals surface area contributed by atoms with Crippen LogP contribution in [0, 0.1) is 0 Å². The second-order valence-corrected chi connectivity index (χ2v) is 6.30. The zero-order valence-electron chi connectivity index (χ0n) is 11.2. The van der Waals surface area contributed by atoms with Crippen molar-refractivity contribution in [2.24, 2.45) is 0 Å². The summed E-state index contributed by atoms with van der Waals surface area (Å²) < 4.78 is 30.3. The molecule has 0 unspecified atom stereocenters. The quantitative estimate of drug-likeness (QED) is 0.713. The number of hydrogen-bond donors (Lipinski definition) is 2. The molecule has 0 bridgehead atoms. The number of carbonyl (C=O) groups excluding carboxylic acids is 2. The SMILES string of the molecule is COC(=O)c1cc(S(=O)(=O)N2CCNC(=O)C2)ccc1O. The second kappa shape index (κ2) is 5.70. The molecule has 9 heteroatoms. The maximum atomic E-state index is 12.4. The molecule has 114 valence electrons. The summed E-state index contributed by atoms with van der Waals surface area (Å²) in [5, 5.41) is 12.1. The summed E-state index contributed by atoms with van der Waals surface area (Å²) in [5.41, 5.74) is -0.250. The number of phenols is 1. The van der Waals surface area contributed by atoms with Gasteiger partial charge >= 0.3 is 5.97 Å². The fourth-order valence-electron chi connectivity index (χ4n) is 1.92. The van der Waals surface area contributed by atoms with E-state index in [1.165, 1.54) is 6.07 Å². The highest BCUT2D eigenvalue weighted by Gasteiger charge is 2.30. The van der Waals surface area contributed by atoms with Gasteiger partial charge < -0.3 is 15.2 Å². The molecule has 0 spiro atoms. The molecule has 0 aromatic heterocycles. The van der Waals surface area contributed by atoms with E-state index >= 15 is 0 Å². The summed E-state index contributed by atoms with van der Waals surface area (Å²) >= 11 is 0. The van der Waals surface area contributed by atoms with Crippen LogP contribution in [0.5, 0.6) is 5.75 Å². The molecule has 0 radical (unpaired) electrons. The third-order valence-corrected chi connectivity index (χ3v) is 4.86. The van der Waals surface area contributed by atoms with Gasteiger partial charge in [-0.25, -0.2) is 13.2 Å². The van der Waals surface area contributed by atoms with Crippen LogP contribution in [0.2, 0.25) is 0 Å². The predicted octanol–water partition coefficient (Wildman–Crippen LogP) is -0.701. The van der Waals surface area contributed by atoms with Crippen molar-refractivity contribution < 1.29 is 27.9 Å². The Balaban J connectivity index is 2.40. The van der Waals surface area contributed by atoms with Crippen molar-refractivity contribution in [3.05, 3.63) is 23.8 Å². The van der Waals surface area contributed by atoms with Gasteiger partial charge in [-0.2, -0.15) is 4.31 Å². The molecule has 2 rings (SSSR count). The second-order valence-electron chi connectivity index (χ2n) is 4.36. The largest absolute Gasteiger partial charge is 0.507 e. The number of nitrogens with zero attached hydrogens (tertiary/aromatic N) is 1. The van der Waals surface area contributed by atoms with Crippen molar-refractivity contribution in [3.8, 4) is 5.75 Å². The number of aromatic hydroxyl groups is 1. The molecular formula is C12H14N2O6S. The lowest BCUT2D eigenvalue weighted by Crippen LogP contribution is -2.49. The number of sulfonamides is 1. The average molecular weight is 314 g/mol. The standard InChI is InChI=1S/C12H14N2O6S/c1-20-12(17)9-6-8(2-3-10(9)15)21(18,19)14-5-4-13-11(16)7-14/h2-3,6,15H,4-5,7H2,1H3,(H,13,16). The van der Waals surface area contributed by atoms with Crippen molar-refractivity contribution in [1.29, 1.82) is 0 Å². The van der Waals surface area contributed by atoms with E-state index in [0.717, 1.165) is 23.5 Å². The lowest BCUT2D eigenvalue weighted by atomic mass is 10.2. The zero-order chi connectivity index (χ0) is 15.6. The third-order valence-electron chi connectivity index (χ3n) is 3.01. The van der Waals surface area contributed by atoms with Gasteiger partial charge in [0.1, 0.15) is 11.3 Å². The van der Waals surface area contributed by atoms with Crippen LogP contribution >= 0.6 is 0 Å². The third kappa shape index (κ3) is 2.98. The first-order chi connectivity index (χ1) is 9.86. The molecule has 2 N–H and O–H groups in total. The summed E-state index contributed by atoms with van der Waals surface area (Å²) in [6.07, 6.45) is 0. The minimum absolute atomic E-state index is 0.141. The molecule has 1 saturated heterocycles. The lowest BCUT2D eigenvalue weighted by molar-refractivity contribution is -0.122. The first-order valence-corrected chi connectivity index (χ1v) is 7.48. The van der Waals surface area contributed by atoms with Crippen molar-refractivity contribution in [3.63, 3.8) is 0 Å². The van der Waals surface area contributed by atoms with Crippen molar-refractivity contribution in [1.82, 2.24) is 9.62 Å². The molecule has 1 heterocycles. The Kier molecular flexibility index (Phi) is 4.14. The van der Waals surface area contributed by atoms with Gasteiger partial charge in [0.15, 0.2) is 0 Å². The van der Waals surface area contributed by atoms with Gasteiger partial charge in [-0.3, -0.25) is 4.79 Å². The Morgan fingerprint density at radius 3 is 2.76 bits per heavy atom. The molecule has 1 aliphatic heterocycles. The number of methoxy groups -OCH3 is 1. The number of phenolic OH excluding ortho intramolecular Hbond substituents is 1. The van der Waals surface area contributed by atoms with E-state index in [1.54, 1.807) is 0 Å². The lowest BCUT2D eigenvalue weighted by Gasteiger charge is -2.26. The number of ether oxygens (including phenoxy) is 1. The van der Waals surface area contributed by atoms with Crippen LogP contribution in [0.3, 0.4) is 0 Å². The fraction of sp³-hybridized carbons (Fsp3) is 0.333. The van der Waals surface area contributed by atoms with E-state index < -0.39 is 21.9 Å². The number of carbonyl (C=O) groups is 2. The Labute approximate surface area is 121 Å². The number of hydrogen-bond acceptors (Lipinski definition) is 6. The van der Waals surface area contributed by atoms with Crippen LogP contribution in [-0.2, 0) is 19.6 Å². The van der Waals surface area contributed by atoms with Gasteiger partial charge in [0.2, 0.25) is 15.9 Å². The van der Waals surface area contributed by atoms with Crippen LogP contribution in [0.15, 0.2) is 23.1 Å². The van der Waals surface area contributed by atoms with Crippen LogP contribution in [-0.4, -0.2) is 56.5 Å². The number of nitrogens with one attached hydrogen (secondary N) is 1. The first kappa shape index (κ1) is 15.3. The smallest absolute Gasteiger partial charge is 0.341 e. The van der Waals surface area contributed by atoms with E-state index in [4.69, 9.17) is 0 Å². The summed E-state index contributed by atoms with van der Waals surface area (Å²) in [7, 11) is -2.80. The molecule has 8 nitrogen and oxygen atoms in total. The molecule has 1 aromatic rings. The Hall–Kier alpha value is -2.13. The van der Waals surface area contributed by atoms with E-state index in [2.05, 4.69) is 10.1 Å². The highest BCUT2D eigenvalue weighted by atomic mass is 32.2. The maximum absolute atomic E-state index is 12.4. The molecule has 0 atom stereocenters. The van der Waals surface area contributed by atoms with Gasteiger partial charge in [-0.05, 0) is 18.2 Å². The predicted molar refractivity (Wildman–Crippen MR) is 71.2 cm³/mol. The zero-order valence-corrected chi connectivity index (χ0v) is 12.0. The molecule has 0 saturated carbocycles. The molecule has 1 fully saturated rings. The van der Waals surface area contributed by atoms with Gasteiger partial charge in [0.25, 0.3) is 0 Å². The minimum atomic E-state index is -3.92. The van der Waals surface area contributed by atoms with Gasteiger partial charge in [0.05, 0.1) is 18.6 Å². The maximum Gasteiger partial charge on any atom is 0.341 e. The fourth-order valence-corrected chi connectivity index (χ4v) is 3.34. The highest BCUT2D eigenvalue weighted by Crippen LogP contribution is 2.24. The summed E-state index contributed by atoms with van der Waals surface area (Å²) in [5.74, 6) is -1.62. The monoisotopic (exact) mass is 314 g/mol. The molecule has 21 heavy (non-hydrogen) atoms. The number of amides is 1. The Bertz CT molecular complexity index is 685. The van der Waals surface area contributed by atoms with Crippen LogP contribution in [0.25, 0.3) is 0 Å². The Morgan fingerprint density at radius 2 is 2.14 bits per heavy atom. The molecule has 1 amide bonds. The van der Waals surface area contributed by atoms with Crippen molar-refractivity contribution in [2.45, 2.75) is 4.90 Å². The van der Waals surface area contributed by atoms with Crippen molar-refractivity contribution >= 4 is 21.9 Å². The normalized spacial score (nSPS) is 16.3. The molecule has 1 aromatic carbocycles. The molecular weight excluding hydrogens is 300 g/mol.